The zero-order valence-corrected chi connectivity index (χ0v) is 11.1. The predicted octanol–water partition coefficient (Wildman–Crippen LogP) is 2.72. The molecule has 0 bridgehead atoms. The molecule has 2 aromatic rings. The van der Waals surface area contributed by atoms with Crippen LogP contribution in [0, 0.1) is 11.6 Å². The van der Waals surface area contributed by atoms with Crippen LogP contribution in [0.3, 0.4) is 0 Å². The lowest BCUT2D eigenvalue weighted by atomic mass is 10.1. The summed E-state index contributed by atoms with van der Waals surface area (Å²) in [5, 5.41) is 10.0. The van der Waals surface area contributed by atoms with Crippen molar-refractivity contribution < 1.29 is 18.7 Å². The molecule has 20 heavy (non-hydrogen) atoms. The molecule has 0 fully saturated rings. The van der Waals surface area contributed by atoms with E-state index >= 15 is 0 Å². The molecule has 1 aromatic heterocycles. The molecule has 0 radical (unpaired) electrons. The molecule has 0 saturated heterocycles. The lowest BCUT2D eigenvalue weighted by molar-refractivity contribution is -0.137. The average Bonchev–Trinajstić information content (AvgIpc) is 2.74. The Bertz CT molecular complexity index is 693. The van der Waals surface area contributed by atoms with Crippen LogP contribution >= 0.6 is 11.3 Å². The standard InChI is InChI=1S/C13H11F2NO3S/c14-8-3-4-10(15)9(6-8)11-7-20-13(19)16(11)5-1-2-12(17)18/h3-4,6-7H,1-2,5H2,(H,17,18). The minimum absolute atomic E-state index is 0.00123. The van der Waals surface area contributed by atoms with Crippen molar-refractivity contribution in [2.45, 2.75) is 19.4 Å². The van der Waals surface area contributed by atoms with Crippen LogP contribution in [0.4, 0.5) is 8.78 Å². The van der Waals surface area contributed by atoms with Crippen LogP contribution in [0.1, 0.15) is 12.8 Å². The van der Waals surface area contributed by atoms with Gasteiger partial charge in [0.2, 0.25) is 0 Å². The van der Waals surface area contributed by atoms with Gasteiger partial charge in [-0.15, -0.1) is 0 Å². The van der Waals surface area contributed by atoms with Gasteiger partial charge in [0.25, 0.3) is 0 Å². The van der Waals surface area contributed by atoms with Gasteiger partial charge >= 0.3 is 10.8 Å². The Morgan fingerprint density at radius 2 is 2.10 bits per heavy atom. The van der Waals surface area contributed by atoms with Gasteiger partial charge in [0.1, 0.15) is 11.6 Å². The van der Waals surface area contributed by atoms with Crippen molar-refractivity contribution in [3.05, 3.63) is 44.9 Å². The fraction of sp³-hybridized carbons (Fsp3) is 0.231. The first kappa shape index (κ1) is 14.4. The van der Waals surface area contributed by atoms with Crippen LogP contribution in [0.25, 0.3) is 11.3 Å². The molecule has 4 nitrogen and oxygen atoms in total. The lowest BCUT2D eigenvalue weighted by Gasteiger charge is -2.08. The summed E-state index contributed by atoms with van der Waals surface area (Å²) in [6.07, 6.45) is 0.156. The highest BCUT2D eigenvalue weighted by Crippen LogP contribution is 2.24. The number of aromatic nitrogens is 1. The van der Waals surface area contributed by atoms with Crippen molar-refractivity contribution in [2.24, 2.45) is 0 Å². The van der Waals surface area contributed by atoms with Gasteiger partial charge in [-0.3, -0.25) is 14.2 Å². The third-order valence-corrected chi connectivity index (χ3v) is 3.52. The molecule has 1 aromatic carbocycles. The molecule has 1 heterocycles. The maximum absolute atomic E-state index is 13.7. The number of hydrogen-bond donors (Lipinski definition) is 1. The third-order valence-electron chi connectivity index (χ3n) is 2.76. The fourth-order valence-electron chi connectivity index (χ4n) is 1.83. The molecular weight excluding hydrogens is 288 g/mol. The van der Waals surface area contributed by atoms with Crippen molar-refractivity contribution in [3.8, 4) is 11.3 Å². The molecule has 0 unspecified atom stereocenters. The fourth-order valence-corrected chi connectivity index (χ4v) is 2.62. The van der Waals surface area contributed by atoms with Gasteiger partial charge in [-0.1, -0.05) is 11.3 Å². The van der Waals surface area contributed by atoms with Crippen molar-refractivity contribution >= 4 is 17.3 Å². The Labute approximate surface area is 116 Å². The Kier molecular flexibility index (Phi) is 4.29. The number of carboxylic acids is 1. The van der Waals surface area contributed by atoms with Gasteiger partial charge in [0.05, 0.1) is 5.69 Å². The van der Waals surface area contributed by atoms with E-state index in [1.807, 2.05) is 0 Å². The van der Waals surface area contributed by atoms with Gasteiger partial charge in [0, 0.05) is 23.9 Å². The van der Waals surface area contributed by atoms with E-state index in [0.717, 1.165) is 29.5 Å². The van der Waals surface area contributed by atoms with Crippen LogP contribution < -0.4 is 4.87 Å². The summed E-state index contributed by atoms with van der Waals surface area (Å²) in [5.74, 6) is -2.19. The molecule has 0 spiro atoms. The van der Waals surface area contributed by atoms with Crippen molar-refractivity contribution in [3.63, 3.8) is 0 Å². The number of nitrogens with zero attached hydrogens (tertiary/aromatic N) is 1. The highest BCUT2D eigenvalue weighted by Gasteiger charge is 2.14. The smallest absolute Gasteiger partial charge is 0.307 e. The van der Waals surface area contributed by atoms with Crippen molar-refractivity contribution in [1.29, 1.82) is 0 Å². The van der Waals surface area contributed by atoms with Crippen molar-refractivity contribution in [1.82, 2.24) is 4.57 Å². The first-order valence-corrected chi connectivity index (χ1v) is 6.72. The third kappa shape index (κ3) is 3.11. The minimum atomic E-state index is -0.966. The number of thiazole rings is 1. The first-order valence-electron chi connectivity index (χ1n) is 5.84. The molecule has 0 aliphatic carbocycles. The lowest BCUT2D eigenvalue weighted by Crippen LogP contribution is -2.15. The van der Waals surface area contributed by atoms with E-state index in [1.165, 1.54) is 9.95 Å². The van der Waals surface area contributed by atoms with E-state index in [1.54, 1.807) is 0 Å². The SMILES string of the molecule is O=C(O)CCCn1c(-c2cc(F)ccc2F)csc1=O. The van der Waals surface area contributed by atoms with E-state index in [0.29, 0.717) is 0 Å². The molecule has 1 N–H and O–H groups in total. The quantitative estimate of drug-likeness (QED) is 0.923. The number of carbonyl (C=O) groups is 1. The van der Waals surface area contributed by atoms with Crippen LogP contribution in [0.2, 0.25) is 0 Å². The van der Waals surface area contributed by atoms with Crippen LogP contribution in [0.15, 0.2) is 28.4 Å². The molecule has 7 heteroatoms. The topological polar surface area (TPSA) is 59.3 Å². The summed E-state index contributed by atoms with van der Waals surface area (Å²) >= 11 is 0.870. The largest absolute Gasteiger partial charge is 0.481 e. The van der Waals surface area contributed by atoms with E-state index in [2.05, 4.69) is 0 Å². The highest BCUT2D eigenvalue weighted by molar-refractivity contribution is 7.07. The molecule has 2 rings (SSSR count). The van der Waals surface area contributed by atoms with Crippen molar-refractivity contribution in [2.75, 3.05) is 0 Å². The summed E-state index contributed by atoms with van der Waals surface area (Å²) < 4.78 is 28.2. The maximum atomic E-state index is 13.7. The van der Waals surface area contributed by atoms with E-state index in [9.17, 15) is 18.4 Å². The molecule has 0 atom stereocenters. The zero-order valence-electron chi connectivity index (χ0n) is 10.3. The predicted molar refractivity (Wildman–Crippen MR) is 70.8 cm³/mol. The second kappa shape index (κ2) is 5.96. The molecule has 0 aliphatic heterocycles. The summed E-state index contributed by atoms with van der Waals surface area (Å²) in [7, 11) is 0. The highest BCUT2D eigenvalue weighted by atomic mass is 32.1. The molecule has 0 saturated carbocycles. The van der Waals surface area contributed by atoms with Crippen LogP contribution in [-0.4, -0.2) is 15.6 Å². The number of hydrogen-bond acceptors (Lipinski definition) is 3. The molecule has 0 aliphatic rings. The second-order valence-corrected chi connectivity index (χ2v) is 4.98. The van der Waals surface area contributed by atoms with Gasteiger partial charge in [-0.05, 0) is 24.6 Å². The molecule has 106 valence electrons. The average molecular weight is 299 g/mol. The van der Waals surface area contributed by atoms with Gasteiger partial charge in [-0.25, -0.2) is 8.78 Å². The Balaban J connectivity index is 2.35. The van der Waals surface area contributed by atoms with E-state index < -0.39 is 17.6 Å². The van der Waals surface area contributed by atoms with E-state index in [4.69, 9.17) is 5.11 Å². The molecular formula is C13H11F2NO3S. The minimum Gasteiger partial charge on any atom is -0.481 e. The summed E-state index contributed by atoms with van der Waals surface area (Å²) in [6.45, 7) is 0.153. The molecule has 0 amide bonds. The van der Waals surface area contributed by atoms with Gasteiger partial charge in [0.15, 0.2) is 0 Å². The number of rotatable bonds is 5. The summed E-state index contributed by atoms with van der Waals surface area (Å²) in [5.41, 5.74) is 0.265. The van der Waals surface area contributed by atoms with Gasteiger partial charge in [-0.2, -0.15) is 0 Å². The Morgan fingerprint density at radius 3 is 2.80 bits per heavy atom. The maximum Gasteiger partial charge on any atom is 0.307 e. The first-order chi connectivity index (χ1) is 9.49. The van der Waals surface area contributed by atoms with Crippen LogP contribution in [-0.2, 0) is 11.3 Å². The Morgan fingerprint density at radius 1 is 1.35 bits per heavy atom. The van der Waals surface area contributed by atoms with Crippen LogP contribution in [0.5, 0.6) is 0 Å². The summed E-state index contributed by atoms with van der Waals surface area (Å²) in [6, 6.07) is 3.01. The number of carboxylic acid groups (broad SMARTS) is 1. The number of benzene rings is 1. The van der Waals surface area contributed by atoms with Gasteiger partial charge < -0.3 is 5.11 Å². The number of aliphatic carboxylic acids is 1. The Hall–Kier alpha value is -2.02. The zero-order chi connectivity index (χ0) is 14.7. The number of halogens is 2. The normalized spacial score (nSPS) is 10.7. The van der Waals surface area contributed by atoms with E-state index in [-0.39, 0.29) is 35.5 Å². The summed E-state index contributed by atoms with van der Waals surface area (Å²) in [4.78, 5) is 21.9. The second-order valence-electron chi connectivity index (χ2n) is 4.16. The monoisotopic (exact) mass is 299 g/mol.